The molecule has 0 saturated carbocycles. The van der Waals surface area contributed by atoms with Crippen molar-refractivity contribution in [3.05, 3.63) is 29.6 Å². The predicted molar refractivity (Wildman–Crippen MR) is 70.8 cm³/mol. The van der Waals surface area contributed by atoms with E-state index >= 15 is 0 Å². The number of nitrogens with zero attached hydrogens (tertiary/aromatic N) is 1. The van der Waals surface area contributed by atoms with Gasteiger partial charge in [0, 0.05) is 19.6 Å². The van der Waals surface area contributed by atoms with Crippen molar-refractivity contribution in [2.75, 3.05) is 32.0 Å². The molecule has 1 aromatic carbocycles. The second-order valence-electron chi connectivity index (χ2n) is 5.29. The Kier molecular flexibility index (Phi) is 4.19. The summed E-state index contributed by atoms with van der Waals surface area (Å²) in [6.45, 7) is 7.93. The summed E-state index contributed by atoms with van der Waals surface area (Å²) in [4.78, 5) is 2.37. The van der Waals surface area contributed by atoms with Crippen LogP contribution in [0, 0.1) is 11.7 Å². The molecule has 100 valence electrons. The molecular weight excluding hydrogens is 231 g/mol. The van der Waals surface area contributed by atoms with Crippen LogP contribution in [0.4, 0.5) is 10.1 Å². The molecule has 4 heteroatoms. The third-order valence-electron chi connectivity index (χ3n) is 3.17. The number of hydrogen-bond acceptors (Lipinski definition) is 3. The summed E-state index contributed by atoms with van der Waals surface area (Å²) in [6.07, 6.45) is -0.0485. The lowest BCUT2D eigenvalue weighted by Gasteiger charge is -2.34. The van der Waals surface area contributed by atoms with E-state index in [1.165, 1.54) is 6.07 Å². The summed E-state index contributed by atoms with van der Waals surface area (Å²) >= 11 is 0. The van der Waals surface area contributed by atoms with E-state index in [1.54, 1.807) is 6.07 Å². The number of nitrogen functional groups attached to an aromatic ring is 1. The minimum absolute atomic E-state index is 0.0485. The summed E-state index contributed by atoms with van der Waals surface area (Å²) in [6, 6.07) is 4.94. The Balaban J connectivity index is 2.05. The van der Waals surface area contributed by atoms with Crippen LogP contribution in [0.15, 0.2) is 18.2 Å². The fourth-order valence-electron chi connectivity index (χ4n) is 2.33. The van der Waals surface area contributed by atoms with Crippen LogP contribution >= 0.6 is 0 Å². The normalized spacial score (nSPS) is 21.4. The molecule has 0 spiro atoms. The summed E-state index contributed by atoms with van der Waals surface area (Å²) in [7, 11) is 0. The van der Waals surface area contributed by atoms with Crippen LogP contribution in [-0.2, 0) is 4.74 Å². The van der Waals surface area contributed by atoms with Gasteiger partial charge in [-0.1, -0.05) is 19.9 Å². The van der Waals surface area contributed by atoms with E-state index < -0.39 is 0 Å². The Morgan fingerprint density at radius 3 is 2.94 bits per heavy atom. The van der Waals surface area contributed by atoms with E-state index in [4.69, 9.17) is 10.5 Å². The monoisotopic (exact) mass is 252 g/mol. The molecule has 0 bridgehead atoms. The summed E-state index contributed by atoms with van der Waals surface area (Å²) in [5.41, 5.74) is 6.54. The van der Waals surface area contributed by atoms with Crippen molar-refractivity contribution in [1.82, 2.24) is 4.90 Å². The first-order chi connectivity index (χ1) is 8.56. The number of morpholine rings is 1. The van der Waals surface area contributed by atoms with E-state index in [0.717, 1.165) is 25.2 Å². The quantitative estimate of drug-likeness (QED) is 0.840. The second kappa shape index (κ2) is 5.67. The molecule has 2 N–H and O–H groups in total. The van der Waals surface area contributed by atoms with Crippen molar-refractivity contribution in [3.63, 3.8) is 0 Å². The van der Waals surface area contributed by atoms with E-state index in [0.29, 0.717) is 12.5 Å². The number of hydrogen-bond donors (Lipinski definition) is 1. The summed E-state index contributed by atoms with van der Waals surface area (Å²) in [5, 5.41) is 0. The molecule has 1 aromatic rings. The Morgan fingerprint density at radius 2 is 2.28 bits per heavy atom. The summed E-state index contributed by atoms with van der Waals surface area (Å²) in [5.74, 6) is 0.268. The van der Waals surface area contributed by atoms with Gasteiger partial charge in [0.2, 0.25) is 0 Å². The van der Waals surface area contributed by atoms with Gasteiger partial charge in [-0.2, -0.15) is 0 Å². The summed E-state index contributed by atoms with van der Waals surface area (Å²) < 4.78 is 19.2. The number of ether oxygens (including phenoxy) is 1. The first-order valence-electron chi connectivity index (χ1n) is 6.45. The largest absolute Gasteiger partial charge is 0.396 e. The number of halogens is 1. The first kappa shape index (κ1) is 13.3. The number of anilines is 1. The Hall–Kier alpha value is -1.13. The van der Waals surface area contributed by atoms with Crippen LogP contribution in [-0.4, -0.2) is 31.1 Å². The SMILES string of the molecule is CC(C)CN1CCO[C@@H](c2ccc(N)c(F)c2)C1. The number of rotatable bonds is 3. The van der Waals surface area contributed by atoms with E-state index in [2.05, 4.69) is 18.7 Å². The molecule has 0 aliphatic carbocycles. The molecule has 0 unspecified atom stereocenters. The highest BCUT2D eigenvalue weighted by atomic mass is 19.1. The average Bonchev–Trinajstić information content (AvgIpc) is 2.32. The second-order valence-corrected chi connectivity index (χ2v) is 5.29. The Labute approximate surface area is 108 Å². The Bertz CT molecular complexity index is 409. The molecule has 3 nitrogen and oxygen atoms in total. The maximum atomic E-state index is 13.4. The molecule has 0 aromatic heterocycles. The third kappa shape index (κ3) is 3.21. The van der Waals surface area contributed by atoms with Gasteiger partial charge in [-0.15, -0.1) is 0 Å². The fraction of sp³-hybridized carbons (Fsp3) is 0.571. The maximum Gasteiger partial charge on any atom is 0.146 e. The third-order valence-corrected chi connectivity index (χ3v) is 3.17. The molecule has 1 heterocycles. The smallest absolute Gasteiger partial charge is 0.146 e. The number of benzene rings is 1. The molecule has 1 aliphatic rings. The van der Waals surface area contributed by atoms with Gasteiger partial charge in [0.15, 0.2) is 0 Å². The molecule has 1 fully saturated rings. The van der Waals surface area contributed by atoms with E-state index in [9.17, 15) is 4.39 Å². The van der Waals surface area contributed by atoms with Crippen molar-refractivity contribution in [2.24, 2.45) is 5.92 Å². The highest BCUT2D eigenvalue weighted by Gasteiger charge is 2.22. The van der Waals surface area contributed by atoms with E-state index in [-0.39, 0.29) is 17.6 Å². The van der Waals surface area contributed by atoms with Crippen LogP contribution in [0.3, 0.4) is 0 Å². The van der Waals surface area contributed by atoms with Gasteiger partial charge in [-0.25, -0.2) is 4.39 Å². The van der Waals surface area contributed by atoms with Gasteiger partial charge < -0.3 is 10.5 Å². The topological polar surface area (TPSA) is 38.5 Å². The van der Waals surface area contributed by atoms with Crippen molar-refractivity contribution < 1.29 is 9.13 Å². The van der Waals surface area contributed by atoms with Gasteiger partial charge in [-0.3, -0.25) is 4.90 Å². The number of nitrogens with two attached hydrogens (primary N) is 1. The van der Waals surface area contributed by atoms with Crippen LogP contribution in [0.25, 0.3) is 0 Å². The van der Waals surface area contributed by atoms with Gasteiger partial charge in [0.05, 0.1) is 18.4 Å². The van der Waals surface area contributed by atoms with Crippen LogP contribution in [0.2, 0.25) is 0 Å². The van der Waals surface area contributed by atoms with Gasteiger partial charge in [-0.05, 0) is 23.6 Å². The highest BCUT2D eigenvalue weighted by molar-refractivity contribution is 5.41. The highest BCUT2D eigenvalue weighted by Crippen LogP contribution is 2.25. The van der Waals surface area contributed by atoms with Crippen molar-refractivity contribution >= 4 is 5.69 Å². The molecule has 0 radical (unpaired) electrons. The molecule has 0 amide bonds. The zero-order valence-electron chi connectivity index (χ0n) is 11.0. The van der Waals surface area contributed by atoms with Gasteiger partial charge >= 0.3 is 0 Å². The van der Waals surface area contributed by atoms with E-state index in [1.807, 2.05) is 6.07 Å². The van der Waals surface area contributed by atoms with Crippen molar-refractivity contribution in [1.29, 1.82) is 0 Å². The minimum Gasteiger partial charge on any atom is -0.396 e. The molecule has 2 rings (SSSR count). The zero-order chi connectivity index (χ0) is 13.1. The minimum atomic E-state index is -0.364. The molecule has 1 atom stereocenters. The van der Waals surface area contributed by atoms with Gasteiger partial charge in [0.25, 0.3) is 0 Å². The van der Waals surface area contributed by atoms with Crippen molar-refractivity contribution in [2.45, 2.75) is 20.0 Å². The molecular formula is C14H21FN2O. The first-order valence-corrected chi connectivity index (χ1v) is 6.45. The lowest BCUT2D eigenvalue weighted by atomic mass is 10.1. The Morgan fingerprint density at radius 1 is 1.50 bits per heavy atom. The molecule has 18 heavy (non-hydrogen) atoms. The lowest BCUT2D eigenvalue weighted by Crippen LogP contribution is -2.40. The molecule has 1 aliphatic heterocycles. The van der Waals surface area contributed by atoms with Crippen LogP contribution in [0.5, 0.6) is 0 Å². The van der Waals surface area contributed by atoms with Crippen LogP contribution < -0.4 is 5.73 Å². The average molecular weight is 252 g/mol. The van der Waals surface area contributed by atoms with Gasteiger partial charge in [0.1, 0.15) is 5.82 Å². The molecule has 1 saturated heterocycles. The fourth-order valence-corrected chi connectivity index (χ4v) is 2.33. The van der Waals surface area contributed by atoms with Crippen molar-refractivity contribution in [3.8, 4) is 0 Å². The van der Waals surface area contributed by atoms with Crippen LogP contribution in [0.1, 0.15) is 25.5 Å². The maximum absolute atomic E-state index is 13.4. The lowest BCUT2D eigenvalue weighted by molar-refractivity contribution is -0.0333. The zero-order valence-corrected chi connectivity index (χ0v) is 11.0. The standard InChI is InChI=1S/C14H21FN2O/c1-10(2)8-17-5-6-18-14(9-17)11-3-4-13(16)12(15)7-11/h3-4,7,10,14H,5-6,8-9,16H2,1-2H3/t14-/m1/s1. The predicted octanol–water partition coefficient (Wildman–Crippen LogP) is 2.44.